The molecular weight excluding hydrogens is 212 g/mol. The van der Waals surface area contributed by atoms with Crippen LogP contribution in [0.2, 0.25) is 0 Å². The molecular formula is C8H10N6O2. The van der Waals surface area contributed by atoms with Crippen LogP contribution in [0.5, 0.6) is 0 Å². The fraction of sp³-hybridized carbons (Fsp3) is 0.250. The van der Waals surface area contributed by atoms with Gasteiger partial charge in [-0.15, -0.1) is 0 Å². The second-order valence-corrected chi connectivity index (χ2v) is 3.13. The van der Waals surface area contributed by atoms with Gasteiger partial charge in [0.15, 0.2) is 11.2 Å². The molecule has 0 unspecified atom stereocenters. The Bertz CT molecular complexity index is 571. The number of hydrogen-bond donors (Lipinski definition) is 3. The van der Waals surface area contributed by atoms with E-state index in [9.17, 15) is 9.59 Å². The minimum absolute atomic E-state index is 0.0441. The lowest BCUT2D eigenvalue weighted by molar-refractivity contribution is -0.109. The highest BCUT2D eigenvalue weighted by molar-refractivity contribution is 5.70. The molecule has 0 aliphatic rings. The van der Waals surface area contributed by atoms with Crippen molar-refractivity contribution in [3.63, 3.8) is 0 Å². The van der Waals surface area contributed by atoms with Crippen molar-refractivity contribution in [3.8, 4) is 0 Å². The van der Waals surface area contributed by atoms with Gasteiger partial charge in [0, 0.05) is 13.1 Å². The summed E-state index contributed by atoms with van der Waals surface area (Å²) in [5.74, 6) is 0.0441. The van der Waals surface area contributed by atoms with Gasteiger partial charge in [-0.05, 0) is 0 Å². The van der Waals surface area contributed by atoms with Crippen molar-refractivity contribution in [3.05, 3.63) is 16.7 Å². The zero-order chi connectivity index (χ0) is 11.5. The van der Waals surface area contributed by atoms with E-state index in [2.05, 4.69) is 20.3 Å². The van der Waals surface area contributed by atoms with Gasteiger partial charge in [-0.3, -0.25) is 14.6 Å². The molecule has 0 fully saturated rings. The Labute approximate surface area is 89.5 Å². The predicted molar refractivity (Wildman–Crippen MR) is 56.6 cm³/mol. The zero-order valence-electron chi connectivity index (χ0n) is 8.30. The van der Waals surface area contributed by atoms with Crippen molar-refractivity contribution in [1.82, 2.24) is 24.8 Å². The minimum Gasteiger partial charge on any atom is -0.369 e. The molecule has 8 heteroatoms. The molecule has 16 heavy (non-hydrogen) atoms. The summed E-state index contributed by atoms with van der Waals surface area (Å²) in [6.45, 7) is 0.911. The number of rotatable bonds is 4. The molecule has 0 radical (unpaired) electrons. The van der Waals surface area contributed by atoms with Crippen molar-refractivity contribution in [2.45, 2.75) is 6.54 Å². The summed E-state index contributed by atoms with van der Waals surface area (Å²) in [6, 6.07) is 0. The normalized spacial score (nSPS) is 10.5. The third kappa shape index (κ3) is 1.72. The van der Waals surface area contributed by atoms with Gasteiger partial charge in [-0.1, -0.05) is 0 Å². The monoisotopic (exact) mass is 222 g/mol. The van der Waals surface area contributed by atoms with E-state index in [0.717, 1.165) is 0 Å². The van der Waals surface area contributed by atoms with Crippen LogP contribution in [-0.4, -0.2) is 32.5 Å². The van der Waals surface area contributed by atoms with Crippen LogP contribution >= 0.6 is 0 Å². The second kappa shape index (κ2) is 4.01. The number of hydrogen-bond acceptors (Lipinski definition) is 5. The highest BCUT2D eigenvalue weighted by Gasteiger charge is 2.08. The first-order chi connectivity index (χ1) is 7.72. The Balaban J connectivity index is 2.39. The number of imidazole rings is 1. The average molecular weight is 222 g/mol. The topological polar surface area (TPSA) is 119 Å². The van der Waals surface area contributed by atoms with Crippen molar-refractivity contribution < 1.29 is 4.79 Å². The van der Waals surface area contributed by atoms with Gasteiger partial charge in [0.2, 0.25) is 12.4 Å². The maximum atomic E-state index is 11.4. The summed E-state index contributed by atoms with van der Waals surface area (Å²) in [5, 5.41) is 2.51. The van der Waals surface area contributed by atoms with Crippen molar-refractivity contribution in [1.29, 1.82) is 0 Å². The molecule has 0 aliphatic carbocycles. The first kappa shape index (κ1) is 10.1. The van der Waals surface area contributed by atoms with E-state index in [4.69, 9.17) is 5.73 Å². The van der Waals surface area contributed by atoms with Crippen LogP contribution in [-0.2, 0) is 11.3 Å². The highest BCUT2D eigenvalue weighted by atomic mass is 16.1. The van der Waals surface area contributed by atoms with Gasteiger partial charge in [-0.2, -0.15) is 4.98 Å². The maximum Gasteiger partial charge on any atom is 0.280 e. The van der Waals surface area contributed by atoms with Gasteiger partial charge in [0.1, 0.15) is 0 Å². The number of nitrogen functional groups attached to an aromatic ring is 1. The molecule has 1 amide bonds. The molecule has 2 aromatic rings. The summed E-state index contributed by atoms with van der Waals surface area (Å²) >= 11 is 0. The first-order valence-corrected chi connectivity index (χ1v) is 4.60. The van der Waals surface area contributed by atoms with Gasteiger partial charge in [0.05, 0.1) is 6.33 Å². The van der Waals surface area contributed by atoms with E-state index in [0.29, 0.717) is 25.1 Å². The van der Waals surface area contributed by atoms with Crippen molar-refractivity contribution in [2.75, 3.05) is 12.3 Å². The third-order valence-corrected chi connectivity index (χ3v) is 2.07. The van der Waals surface area contributed by atoms with Crippen LogP contribution in [0.3, 0.4) is 0 Å². The lowest BCUT2D eigenvalue weighted by atomic mass is 10.5. The van der Waals surface area contributed by atoms with Gasteiger partial charge in [-0.25, -0.2) is 4.98 Å². The van der Waals surface area contributed by atoms with Gasteiger partial charge < -0.3 is 15.6 Å². The number of nitrogens with two attached hydrogens (primary N) is 1. The van der Waals surface area contributed by atoms with E-state index < -0.39 is 0 Å². The molecule has 0 bridgehead atoms. The fourth-order valence-corrected chi connectivity index (χ4v) is 1.38. The lowest BCUT2D eigenvalue weighted by Crippen LogP contribution is -2.18. The molecule has 8 nitrogen and oxygen atoms in total. The molecule has 0 spiro atoms. The van der Waals surface area contributed by atoms with Crippen LogP contribution < -0.4 is 16.6 Å². The number of anilines is 1. The molecule has 0 atom stereocenters. The van der Waals surface area contributed by atoms with Crippen LogP contribution in [0, 0.1) is 0 Å². The molecule has 2 rings (SSSR count). The van der Waals surface area contributed by atoms with E-state index >= 15 is 0 Å². The molecule has 0 saturated heterocycles. The SMILES string of the molecule is Nc1nc2c(ncn2CCNC=O)c(=O)[nH]1. The van der Waals surface area contributed by atoms with E-state index in [1.165, 1.54) is 6.33 Å². The Hall–Kier alpha value is -2.38. The number of nitrogens with one attached hydrogen (secondary N) is 2. The zero-order valence-corrected chi connectivity index (χ0v) is 8.30. The number of H-pyrrole nitrogens is 1. The maximum absolute atomic E-state index is 11.4. The molecule has 0 aliphatic heterocycles. The Morgan fingerprint density at radius 2 is 2.44 bits per heavy atom. The number of amides is 1. The third-order valence-electron chi connectivity index (χ3n) is 2.07. The van der Waals surface area contributed by atoms with E-state index in [-0.39, 0.29) is 17.0 Å². The fourth-order valence-electron chi connectivity index (χ4n) is 1.38. The summed E-state index contributed by atoms with van der Waals surface area (Å²) < 4.78 is 1.65. The van der Waals surface area contributed by atoms with E-state index in [1.807, 2.05) is 0 Å². The Morgan fingerprint density at radius 3 is 3.19 bits per heavy atom. The van der Waals surface area contributed by atoms with Crippen molar-refractivity contribution in [2.24, 2.45) is 0 Å². The number of aromatic nitrogens is 4. The molecule has 0 aromatic carbocycles. The Kier molecular flexibility index (Phi) is 2.54. The molecule has 4 N–H and O–H groups in total. The first-order valence-electron chi connectivity index (χ1n) is 4.60. The van der Waals surface area contributed by atoms with Crippen molar-refractivity contribution >= 4 is 23.5 Å². The number of carbonyl (C=O) groups is 1. The van der Waals surface area contributed by atoms with Gasteiger partial charge >= 0.3 is 0 Å². The number of carbonyl (C=O) groups excluding carboxylic acids is 1. The summed E-state index contributed by atoms with van der Waals surface area (Å²) in [5.41, 5.74) is 5.70. The predicted octanol–water partition coefficient (Wildman–Crippen LogP) is -1.55. The smallest absolute Gasteiger partial charge is 0.280 e. The van der Waals surface area contributed by atoms with E-state index in [1.54, 1.807) is 4.57 Å². The number of nitrogens with zero attached hydrogens (tertiary/aromatic N) is 3. The van der Waals surface area contributed by atoms with Crippen LogP contribution in [0.15, 0.2) is 11.1 Å². The summed E-state index contributed by atoms with van der Waals surface area (Å²) in [4.78, 5) is 31.8. The van der Waals surface area contributed by atoms with Crippen LogP contribution in [0.25, 0.3) is 11.2 Å². The summed E-state index contributed by atoms with van der Waals surface area (Å²) in [7, 11) is 0. The van der Waals surface area contributed by atoms with Crippen LogP contribution in [0.4, 0.5) is 5.95 Å². The average Bonchev–Trinajstić information content (AvgIpc) is 2.62. The quantitative estimate of drug-likeness (QED) is 0.427. The number of fused-ring (bicyclic) bond motifs is 1. The second-order valence-electron chi connectivity index (χ2n) is 3.13. The lowest BCUT2D eigenvalue weighted by Gasteiger charge is -2.02. The highest BCUT2D eigenvalue weighted by Crippen LogP contribution is 2.05. The molecule has 2 aromatic heterocycles. The van der Waals surface area contributed by atoms with Crippen LogP contribution in [0.1, 0.15) is 0 Å². The standard InChI is InChI=1S/C8H10N6O2/c9-8-12-6-5(7(16)13-8)11-3-14(6)2-1-10-4-15/h3-4H,1-2H2,(H,10,15)(H3,9,12,13,16). The molecule has 84 valence electrons. The Morgan fingerprint density at radius 1 is 1.62 bits per heavy atom. The largest absolute Gasteiger partial charge is 0.369 e. The molecule has 0 saturated carbocycles. The molecule has 2 heterocycles. The number of aromatic amines is 1. The van der Waals surface area contributed by atoms with Gasteiger partial charge in [0.25, 0.3) is 5.56 Å². The minimum atomic E-state index is -0.371. The summed E-state index contributed by atoms with van der Waals surface area (Å²) in [6.07, 6.45) is 2.09.